The Labute approximate surface area is 130 Å². The van der Waals surface area contributed by atoms with E-state index in [1.54, 1.807) is 19.1 Å². The summed E-state index contributed by atoms with van der Waals surface area (Å²) in [6.07, 6.45) is 0. The molecule has 5 heteroatoms. The van der Waals surface area contributed by atoms with E-state index in [1.165, 1.54) is 0 Å². The largest absolute Gasteiger partial charge is 0.370 e. The monoisotopic (exact) mass is 299 g/mol. The molecule has 2 aromatic rings. The summed E-state index contributed by atoms with van der Waals surface area (Å²) in [4.78, 5) is 28.6. The summed E-state index contributed by atoms with van der Waals surface area (Å²) >= 11 is 0. The third kappa shape index (κ3) is 3.75. The molecule has 0 saturated carbocycles. The van der Waals surface area contributed by atoms with Crippen molar-refractivity contribution >= 4 is 11.6 Å². The van der Waals surface area contributed by atoms with Crippen LogP contribution in [0.5, 0.6) is 0 Å². The van der Waals surface area contributed by atoms with E-state index in [2.05, 4.69) is 15.2 Å². The first-order valence-corrected chi connectivity index (χ1v) is 7.25. The Morgan fingerprint density at radius 1 is 1.23 bits per heavy atom. The number of carbonyl (C=O) groups excluding carboxylic acids is 1. The number of para-hydroxylation sites is 1. The molecule has 0 fully saturated rings. The molecule has 0 aliphatic heterocycles. The number of aryl methyl sites for hydroxylation is 1. The van der Waals surface area contributed by atoms with Crippen molar-refractivity contribution in [3.63, 3.8) is 0 Å². The van der Waals surface area contributed by atoms with Gasteiger partial charge in [0.25, 0.3) is 11.5 Å². The van der Waals surface area contributed by atoms with E-state index in [0.717, 1.165) is 11.4 Å². The average molecular weight is 299 g/mol. The van der Waals surface area contributed by atoms with Crippen LogP contribution in [0.2, 0.25) is 0 Å². The lowest BCUT2D eigenvalue weighted by Crippen LogP contribution is -2.41. The maximum atomic E-state index is 12.1. The minimum absolute atomic E-state index is 0.107. The number of amides is 1. The third-order valence-electron chi connectivity index (χ3n) is 3.68. The highest BCUT2D eigenvalue weighted by Gasteiger charge is 2.14. The van der Waals surface area contributed by atoms with Crippen molar-refractivity contribution in [1.29, 1.82) is 0 Å². The summed E-state index contributed by atoms with van der Waals surface area (Å²) in [5, 5.41) is 2.81. The molecule has 0 radical (unpaired) electrons. The van der Waals surface area contributed by atoms with Crippen molar-refractivity contribution in [2.75, 3.05) is 18.5 Å². The molecule has 0 bridgehead atoms. The number of anilines is 1. The number of nitrogens with zero attached hydrogens (tertiary/aromatic N) is 1. The number of H-pyrrole nitrogens is 1. The molecule has 1 aromatic carbocycles. The first-order chi connectivity index (χ1) is 10.5. The Hall–Kier alpha value is -2.56. The zero-order chi connectivity index (χ0) is 16.1. The SMILES string of the molecule is Cc1ccc(C(=O)NCC(C)N(C)c2ccccc2)c(=O)[nH]1. The molecular weight excluding hydrogens is 278 g/mol. The van der Waals surface area contributed by atoms with Crippen LogP contribution in [-0.4, -0.2) is 30.5 Å². The van der Waals surface area contributed by atoms with E-state index < -0.39 is 0 Å². The number of aromatic nitrogens is 1. The lowest BCUT2D eigenvalue weighted by molar-refractivity contribution is 0.0950. The quantitative estimate of drug-likeness (QED) is 0.886. The number of hydrogen-bond donors (Lipinski definition) is 2. The molecule has 116 valence electrons. The highest BCUT2D eigenvalue weighted by Crippen LogP contribution is 2.13. The molecule has 0 aliphatic rings. The van der Waals surface area contributed by atoms with Gasteiger partial charge in [0.2, 0.25) is 0 Å². The van der Waals surface area contributed by atoms with E-state index in [1.807, 2.05) is 44.3 Å². The van der Waals surface area contributed by atoms with Crippen LogP contribution in [0.1, 0.15) is 23.0 Å². The number of hydrogen-bond acceptors (Lipinski definition) is 3. The maximum Gasteiger partial charge on any atom is 0.260 e. The van der Waals surface area contributed by atoms with Crippen molar-refractivity contribution in [3.8, 4) is 0 Å². The number of likely N-dealkylation sites (N-methyl/N-ethyl adjacent to an activating group) is 1. The number of aromatic amines is 1. The highest BCUT2D eigenvalue weighted by molar-refractivity contribution is 5.93. The van der Waals surface area contributed by atoms with Gasteiger partial charge in [0, 0.05) is 31.0 Å². The number of carbonyl (C=O) groups is 1. The van der Waals surface area contributed by atoms with Crippen LogP contribution in [-0.2, 0) is 0 Å². The number of benzene rings is 1. The first-order valence-electron chi connectivity index (χ1n) is 7.25. The van der Waals surface area contributed by atoms with Crippen LogP contribution in [0.3, 0.4) is 0 Å². The van der Waals surface area contributed by atoms with E-state index >= 15 is 0 Å². The van der Waals surface area contributed by atoms with Gasteiger partial charge in [0.15, 0.2) is 0 Å². The predicted molar refractivity (Wildman–Crippen MR) is 88.4 cm³/mol. The van der Waals surface area contributed by atoms with E-state index in [-0.39, 0.29) is 23.1 Å². The fourth-order valence-electron chi connectivity index (χ4n) is 2.14. The molecule has 5 nitrogen and oxygen atoms in total. The molecular formula is C17H21N3O2. The number of nitrogens with one attached hydrogen (secondary N) is 2. The van der Waals surface area contributed by atoms with Gasteiger partial charge in [-0.2, -0.15) is 0 Å². The molecule has 2 rings (SSSR count). The van der Waals surface area contributed by atoms with E-state index in [4.69, 9.17) is 0 Å². The Morgan fingerprint density at radius 2 is 1.91 bits per heavy atom. The summed E-state index contributed by atoms with van der Waals surface area (Å²) in [6.45, 7) is 4.25. The minimum atomic E-state index is -0.360. The van der Waals surface area contributed by atoms with Gasteiger partial charge >= 0.3 is 0 Å². The second-order valence-corrected chi connectivity index (χ2v) is 5.39. The van der Waals surface area contributed by atoms with Crippen LogP contribution in [0.25, 0.3) is 0 Å². The molecule has 0 spiro atoms. The molecule has 1 atom stereocenters. The third-order valence-corrected chi connectivity index (χ3v) is 3.68. The van der Waals surface area contributed by atoms with Gasteiger partial charge in [-0.25, -0.2) is 0 Å². The zero-order valence-electron chi connectivity index (χ0n) is 13.1. The lowest BCUT2D eigenvalue weighted by Gasteiger charge is -2.27. The normalized spacial score (nSPS) is 11.8. The van der Waals surface area contributed by atoms with Crippen LogP contribution >= 0.6 is 0 Å². The Kier molecular flexibility index (Phi) is 4.99. The van der Waals surface area contributed by atoms with Crippen molar-refractivity contribution in [2.24, 2.45) is 0 Å². The standard InChI is InChI=1S/C17H21N3O2/c1-12-9-10-15(17(22)19-12)16(21)18-11-13(2)20(3)14-7-5-4-6-8-14/h4-10,13H,11H2,1-3H3,(H,18,21)(H,19,22). The van der Waals surface area contributed by atoms with Crippen molar-refractivity contribution in [1.82, 2.24) is 10.3 Å². The van der Waals surface area contributed by atoms with Crippen LogP contribution in [0.15, 0.2) is 47.3 Å². The van der Waals surface area contributed by atoms with Gasteiger partial charge in [0.1, 0.15) is 5.56 Å². The maximum absolute atomic E-state index is 12.1. The van der Waals surface area contributed by atoms with Gasteiger partial charge in [-0.1, -0.05) is 18.2 Å². The fourth-order valence-corrected chi connectivity index (χ4v) is 2.14. The molecule has 22 heavy (non-hydrogen) atoms. The topological polar surface area (TPSA) is 65.2 Å². The Balaban J connectivity index is 1.97. The molecule has 1 heterocycles. The predicted octanol–water partition coefficient (Wildman–Crippen LogP) is 1.94. The van der Waals surface area contributed by atoms with Crippen LogP contribution < -0.4 is 15.8 Å². The van der Waals surface area contributed by atoms with Crippen molar-refractivity contribution in [3.05, 3.63) is 64.1 Å². The van der Waals surface area contributed by atoms with Crippen LogP contribution in [0.4, 0.5) is 5.69 Å². The fraction of sp³-hybridized carbons (Fsp3) is 0.294. The van der Waals surface area contributed by atoms with Gasteiger partial charge in [-0.15, -0.1) is 0 Å². The van der Waals surface area contributed by atoms with Crippen molar-refractivity contribution < 1.29 is 4.79 Å². The minimum Gasteiger partial charge on any atom is -0.370 e. The number of rotatable bonds is 5. The average Bonchev–Trinajstić information content (AvgIpc) is 2.52. The molecule has 1 aromatic heterocycles. The van der Waals surface area contributed by atoms with E-state index in [0.29, 0.717) is 6.54 Å². The van der Waals surface area contributed by atoms with Gasteiger partial charge in [0.05, 0.1) is 0 Å². The van der Waals surface area contributed by atoms with E-state index in [9.17, 15) is 9.59 Å². The van der Waals surface area contributed by atoms with Crippen molar-refractivity contribution in [2.45, 2.75) is 19.9 Å². The molecule has 2 N–H and O–H groups in total. The molecule has 1 amide bonds. The summed E-state index contributed by atoms with van der Waals surface area (Å²) in [5.74, 6) is -0.352. The zero-order valence-corrected chi connectivity index (χ0v) is 13.1. The first kappa shape index (κ1) is 15.8. The van der Waals surface area contributed by atoms with Gasteiger partial charge in [-0.3, -0.25) is 9.59 Å². The highest BCUT2D eigenvalue weighted by atomic mass is 16.2. The summed E-state index contributed by atoms with van der Waals surface area (Å²) < 4.78 is 0. The van der Waals surface area contributed by atoms with Gasteiger partial charge in [-0.05, 0) is 38.1 Å². The smallest absolute Gasteiger partial charge is 0.260 e. The molecule has 0 saturated heterocycles. The lowest BCUT2D eigenvalue weighted by atomic mass is 10.2. The Bertz CT molecular complexity index is 695. The Morgan fingerprint density at radius 3 is 2.55 bits per heavy atom. The summed E-state index contributed by atoms with van der Waals surface area (Å²) in [7, 11) is 1.98. The summed E-state index contributed by atoms with van der Waals surface area (Å²) in [6, 6.07) is 13.3. The second kappa shape index (κ2) is 6.93. The second-order valence-electron chi connectivity index (χ2n) is 5.39. The van der Waals surface area contributed by atoms with Crippen LogP contribution in [0, 0.1) is 6.92 Å². The summed E-state index contributed by atoms with van der Waals surface area (Å²) in [5.41, 5.74) is 1.60. The number of pyridine rings is 1. The molecule has 0 aliphatic carbocycles. The molecule has 1 unspecified atom stereocenters. The van der Waals surface area contributed by atoms with Gasteiger partial charge < -0.3 is 15.2 Å².